The van der Waals surface area contributed by atoms with Gasteiger partial charge in [0.1, 0.15) is 0 Å². The minimum atomic E-state index is 0.294. The van der Waals surface area contributed by atoms with Crippen LogP contribution in [0.2, 0.25) is 0 Å². The van der Waals surface area contributed by atoms with Gasteiger partial charge in [-0.2, -0.15) is 11.8 Å². The number of unbranched alkanes of at least 4 members (excludes halogenated alkanes) is 1. The van der Waals surface area contributed by atoms with Gasteiger partial charge in [0.2, 0.25) is 0 Å². The molecule has 1 aromatic rings. The third-order valence-corrected chi connectivity index (χ3v) is 5.77. The molecule has 0 radical (unpaired) electrons. The van der Waals surface area contributed by atoms with Crippen LogP contribution in [0.5, 0.6) is 0 Å². The van der Waals surface area contributed by atoms with Gasteiger partial charge in [0.05, 0.1) is 0 Å². The van der Waals surface area contributed by atoms with Crippen molar-refractivity contribution in [2.45, 2.75) is 45.1 Å². The first kappa shape index (κ1) is 13.4. The van der Waals surface area contributed by atoms with Crippen LogP contribution in [0.4, 0.5) is 0 Å². The summed E-state index contributed by atoms with van der Waals surface area (Å²) in [4.78, 5) is 1.47. The molecular formula is C14H23NS2. The Labute approximate surface area is 113 Å². The zero-order valence-electron chi connectivity index (χ0n) is 10.7. The average Bonchev–Trinajstić information content (AvgIpc) is 2.84. The van der Waals surface area contributed by atoms with Crippen molar-refractivity contribution in [1.82, 2.24) is 0 Å². The largest absolute Gasteiger partial charge is 0.323 e. The summed E-state index contributed by atoms with van der Waals surface area (Å²) in [5.41, 5.74) is 8.00. The second-order valence-electron chi connectivity index (χ2n) is 4.89. The first-order chi connectivity index (χ1) is 8.33. The fourth-order valence-corrected chi connectivity index (χ4v) is 4.70. The Morgan fingerprint density at radius 1 is 1.41 bits per heavy atom. The third kappa shape index (κ3) is 3.49. The van der Waals surface area contributed by atoms with Crippen LogP contribution in [-0.2, 0) is 6.42 Å². The van der Waals surface area contributed by atoms with Crippen molar-refractivity contribution in [3.05, 3.63) is 21.9 Å². The highest BCUT2D eigenvalue weighted by atomic mass is 32.2. The molecule has 0 amide bonds. The lowest BCUT2D eigenvalue weighted by molar-refractivity contribution is 0.406. The van der Waals surface area contributed by atoms with Gasteiger partial charge in [0.25, 0.3) is 0 Å². The summed E-state index contributed by atoms with van der Waals surface area (Å²) >= 11 is 3.95. The molecule has 0 saturated carbocycles. The van der Waals surface area contributed by atoms with Gasteiger partial charge in [-0.05, 0) is 60.1 Å². The Kier molecular flexibility index (Phi) is 5.39. The van der Waals surface area contributed by atoms with Crippen molar-refractivity contribution in [1.29, 1.82) is 0 Å². The molecule has 0 aliphatic carbocycles. The molecule has 1 fully saturated rings. The Morgan fingerprint density at radius 3 is 2.88 bits per heavy atom. The summed E-state index contributed by atoms with van der Waals surface area (Å²) in [6, 6.07) is 2.58. The highest BCUT2D eigenvalue weighted by Crippen LogP contribution is 2.35. The zero-order valence-corrected chi connectivity index (χ0v) is 12.3. The van der Waals surface area contributed by atoms with Crippen molar-refractivity contribution >= 4 is 23.1 Å². The van der Waals surface area contributed by atoms with E-state index in [2.05, 4.69) is 30.1 Å². The van der Waals surface area contributed by atoms with Crippen LogP contribution in [-0.4, -0.2) is 11.5 Å². The van der Waals surface area contributed by atoms with Crippen LogP contribution in [0.25, 0.3) is 0 Å². The van der Waals surface area contributed by atoms with E-state index in [1.165, 1.54) is 54.1 Å². The number of rotatable bonds is 5. The number of nitrogens with two attached hydrogens (primary N) is 1. The van der Waals surface area contributed by atoms with E-state index in [9.17, 15) is 0 Å². The van der Waals surface area contributed by atoms with E-state index in [0.717, 1.165) is 5.92 Å². The minimum Gasteiger partial charge on any atom is -0.323 e. The Bertz CT molecular complexity index is 329. The molecule has 1 saturated heterocycles. The molecule has 1 unspecified atom stereocenters. The molecular weight excluding hydrogens is 246 g/mol. The second kappa shape index (κ2) is 6.81. The quantitative estimate of drug-likeness (QED) is 0.865. The highest BCUT2D eigenvalue weighted by molar-refractivity contribution is 7.99. The number of thiophene rings is 1. The monoisotopic (exact) mass is 269 g/mol. The van der Waals surface area contributed by atoms with Crippen LogP contribution in [0.15, 0.2) is 11.4 Å². The van der Waals surface area contributed by atoms with Crippen molar-refractivity contribution in [3.63, 3.8) is 0 Å². The average molecular weight is 269 g/mol. The lowest BCUT2D eigenvalue weighted by Gasteiger charge is -2.27. The maximum Gasteiger partial charge on any atom is 0.0421 e. The summed E-state index contributed by atoms with van der Waals surface area (Å²) in [6.07, 6.45) is 6.37. The Hall–Kier alpha value is 0.01000. The van der Waals surface area contributed by atoms with Gasteiger partial charge in [-0.25, -0.2) is 0 Å². The summed E-state index contributed by atoms with van der Waals surface area (Å²) in [7, 11) is 0. The molecule has 1 aromatic heterocycles. The lowest BCUT2D eigenvalue weighted by atomic mass is 9.91. The Morgan fingerprint density at radius 2 is 2.18 bits per heavy atom. The maximum atomic E-state index is 6.49. The SMILES string of the molecule is CCCCc1ccsc1C(N)C1CCSCC1. The van der Waals surface area contributed by atoms with E-state index in [1.54, 1.807) is 0 Å². The molecule has 2 N–H and O–H groups in total. The molecule has 3 heteroatoms. The van der Waals surface area contributed by atoms with Crippen LogP contribution < -0.4 is 5.73 Å². The van der Waals surface area contributed by atoms with Gasteiger partial charge < -0.3 is 5.73 Å². The van der Waals surface area contributed by atoms with E-state index < -0.39 is 0 Å². The number of thioether (sulfide) groups is 1. The smallest absolute Gasteiger partial charge is 0.0421 e. The summed E-state index contributed by atoms with van der Waals surface area (Å²) < 4.78 is 0. The molecule has 0 aromatic carbocycles. The normalized spacial score (nSPS) is 19.4. The number of hydrogen-bond acceptors (Lipinski definition) is 3. The lowest BCUT2D eigenvalue weighted by Crippen LogP contribution is -2.25. The summed E-state index contributed by atoms with van der Waals surface area (Å²) in [6.45, 7) is 2.25. The van der Waals surface area contributed by atoms with Gasteiger partial charge >= 0.3 is 0 Å². The second-order valence-corrected chi connectivity index (χ2v) is 7.06. The van der Waals surface area contributed by atoms with E-state index in [1.807, 2.05) is 11.3 Å². The maximum absolute atomic E-state index is 6.49. The molecule has 96 valence electrons. The van der Waals surface area contributed by atoms with Crippen molar-refractivity contribution < 1.29 is 0 Å². The van der Waals surface area contributed by atoms with Gasteiger partial charge in [-0.1, -0.05) is 13.3 Å². The van der Waals surface area contributed by atoms with Crippen LogP contribution in [0.1, 0.15) is 49.1 Å². The van der Waals surface area contributed by atoms with E-state index in [4.69, 9.17) is 5.73 Å². The first-order valence-electron chi connectivity index (χ1n) is 6.72. The fraction of sp³-hybridized carbons (Fsp3) is 0.714. The molecule has 17 heavy (non-hydrogen) atoms. The predicted molar refractivity (Wildman–Crippen MR) is 79.9 cm³/mol. The van der Waals surface area contributed by atoms with Gasteiger partial charge in [-0.3, -0.25) is 0 Å². The molecule has 1 nitrogen and oxygen atoms in total. The van der Waals surface area contributed by atoms with Crippen LogP contribution in [0.3, 0.4) is 0 Å². The summed E-state index contributed by atoms with van der Waals surface area (Å²) in [5.74, 6) is 3.32. The predicted octanol–water partition coefficient (Wildman–Crippen LogP) is 4.23. The Balaban J connectivity index is 2.01. The van der Waals surface area contributed by atoms with E-state index >= 15 is 0 Å². The van der Waals surface area contributed by atoms with Crippen molar-refractivity contribution in [2.75, 3.05) is 11.5 Å². The molecule has 0 spiro atoms. The van der Waals surface area contributed by atoms with Crippen LogP contribution >= 0.6 is 23.1 Å². The topological polar surface area (TPSA) is 26.0 Å². The molecule has 2 rings (SSSR count). The molecule has 1 atom stereocenters. The molecule has 2 heterocycles. The minimum absolute atomic E-state index is 0.294. The van der Waals surface area contributed by atoms with Gasteiger partial charge in [0, 0.05) is 10.9 Å². The van der Waals surface area contributed by atoms with Crippen LogP contribution in [0, 0.1) is 5.92 Å². The fourth-order valence-electron chi connectivity index (χ4n) is 2.50. The van der Waals surface area contributed by atoms with Gasteiger partial charge in [0.15, 0.2) is 0 Å². The first-order valence-corrected chi connectivity index (χ1v) is 8.76. The van der Waals surface area contributed by atoms with E-state index in [0.29, 0.717) is 6.04 Å². The van der Waals surface area contributed by atoms with Gasteiger partial charge in [-0.15, -0.1) is 11.3 Å². The molecule has 0 bridgehead atoms. The highest BCUT2D eigenvalue weighted by Gasteiger charge is 2.24. The molecule has 1 aliphatic heterocycles. The standard InChI is InChI=1S/C14H23NS2/c1-2-3-4-12-7-10-17-14(12)13(15)11-5-8-16-9-6-11/h7,10-11,13H,2-6,8-9,15H2,1H3. The zero-order chi connectivity index (χ0) is 12.1. The molecule has 1 aliphatic rings. The number of hydrogen-bond donors (Lipinski definition) is 1. The van der Waals surface area contributed by atoms with Crippen molar-refractivity contribution in [3.8, 4) is 0 Å². The van der Waals surface area contributed by atoms with Crippen molar-refractivity contribution in [2.24, 2.45) is 11.7 Å². The number of aryl methyl sites for hydroxylation is 1. The third-order valence-electron chi connectivity index (χ3n) is 3.66. The summed E-state index contributed by atoms with van der Waals surface area (Å²) in [5, 5.41) is 2.22. The van der Waals surface area contributed by atoms with E-state index in [-0.39, 0.29) is 0 Å².